The van der Waals surface area contributed by atoms with Crippen LogP contribution in [0.3, 0.4) is 0 Å². The van der Waals surface area contributed by atoms with Crippen LogP contribution < -0.4 is 0 Å². The molecule has 4 heteroatoms. The molecule has 0 aliphatic rings. The van der Waals surface area contributed by atoms with Gasteiger partial charge >= 0.3 is 5.97 Å². The van der Waals surface area contributed by atoms with Gasteiger partial charge in [0.05, 0.1) is 18.4 Å². The summed E-state index contributed by atoms with van der Waals surface area (Å²) in [6.07, 6.45) is 0.116. The third kappa shape index (κ3) is 3.14. The first kappa shape index (κ1) is 10.7. The fraction of sp³-hybridized carbons (Fsp3) is 0.400. The Balaban J connectivity index is 2.69. The predicted octanol–water partition coefficient (Wildman–Crippen LogP) is 1.70. The minimum absolute atomic E-state index is 0.0508. The van der Waals surface area contributed by atoms with Crippen LogP contribution in [0.15, 0.2) is 18.2 Å². The monoisotopic (exact) mass is 195 g/mol. The lowest BCUT2D eigenvalue weighted by Crippen LogP contribution is -2.06. The van der Waals surface area contributed by atoms with Crippen molar-refractivity contribution in [3.63, 3.8) is 0 Å². The zero-order valence-electron chi connectivity index (χ0n) is 8.23. The van der Waals surface area contributed by atoms with Crippen molar-refractivity contribution in [1.82, 2.24) is 4.98 Å². The quantitative estimate of drug-likeness (QED) is 0.794. The van der Waals surface area contributed by atoms with Crippen molar-refractivity contribution in [2.75, 3.05) is 0 Å². The van der Waals surface area contributed by atoms with Gasteiger partial charge < -0.3 is 9.84 Å². The largest absolute Gasteiger partial charge is 0.477 e. The molecule has 0 amide bonds. The van der Waals surface area contributed by atoms with E-state index in [0.717, 1.165) is 0 Å². The number of ether oxygens (including phenoxy) is 1. The molecule has 1 aromatic heterocycles. The molecule has 1 heterocycles. The number of aromatic nitrogens is 1. The standard InChI is InChI=1S/C10H13NO3/c1-7(2)14-6-8-4-3-5-9(11-8)10(12)13/h3-5,7H,6H2,1-2H3,(H,12,13). The fourth-order valence-electron chi connectivity index (χ4n) is 0.931. The molecule has 0 fully saturated rings. The highest BCUT2D eigenvalue weighted by Gasteiger charge is 2.05. The van der Waals surface area contributed by atoms with Gasteiger partial charge in [0.1, 0.15) is 5.69 Å². The number of carbonyl (C=O) groups is 1. The zero-order chi connectivity index (χ0) is 10.6. The molecule has 1 rings (SSSR count). The van der Waals surface area contributed by atoms with Crippen molar-refractivity contribution in [3.8, 4) is 0 Å². The Morgan fingerprint density at radius 2 is 2.29 bits per heavy atom. The van der Waals surface area contributed by atoms with Gasteiger partial charge in [0.15, 0.2) is 0 Å². The van der Waals surface area contributed by atoms with Crippen LogP contribution >= 0.6 is 0 Å². The summed E-state index contributed by atoms with van der Waals surface area (Å²) in [6, 6.07) is 4.87. The van der Waals surface area contributed by atoms with E-state index in [0.29, 0.717) is 12.3 Å². The van der Waals surface area contributed by atoms with Crippen molar-refractivity contribution in [2.24, 2.45) is 0 Å². The Hall–Kier alpha value is -1.42. The second kappa shape index (κ2) is 4.72. The molecule has 0 unspecified atom stereocenters. The van der Waals surface area contributed by atoms with Gasteiger partial charge in [-0.25, -0.2) is 9.78 Å². The normalized spacial score (nSPS) is 10.5. The minimum Gasteiger partial charge on any atom is -0.477 e. The molecular weight excluding hydrogens is 182 g/mol. The summed E-state index contributed by atoms with van der Waals surface area (Å²) in [6.45, 7) is 4.18. The van der Waals surface area contributed by atoms with E-state index in [1.807, 2.05) is 13.8 Å². The topological polar surface area (TPSA) is 59.4 Å². The number of pyridine rings is 1. The second-order valence-corrected chi connectivity index (χ2v) is 3.18. The van der Waals surface area contributed by atoms with Gasteiger partial charge in [-0.1, -0.05) is 6.07 Å². The number of rotatable bonds is 4. The van der Waals surface area contributed by atoms with Crippen LogP contribution in [-0.2, 0) is 11.3 Å². The van der Waals surface area contributed by atoms with E-state index in [9.17, 15) is 4.79 Å². The smallest absolute Gasteiger partial charge is 0.354 e. The van der Waals surface area contributed by atoms with Crippen molar-refractivity contribution >= 4 is 5.97 Å². The number of nitrogens with zero attached hydrogens (tertiary/aromatic N) is 1. The van der Waals surface area contributed by atoms with Crippen LogP contribution in [0.4, 0.5) is 0 Å². The second-order valence-electron chi connectivity index (χ2n) is 3.18. The van der Waals surface area contributed by atoms with Gasteiger partial charge in [-0.15, -0.1) is 0 Å². The predicted molar refractivity (Wildman–Crippen MR) is 51.1 cm³/mol. The van der Waals surface area contributed by atoms with Gasteiger partial charge in [0, 0.05) is 0 Å². The summed E-state index contributed by atoms with van der Waals surface area (Å²) in [5.74, 6) is -1.02. The summed E-state index contributed by atoms with van der Waals surface area (Å²) in [7, 11) is 0. The summed E-state index contributed by atoms with van der Waals surface area (Å²) in [4.78, 5) is 14.5. The van der Waals surface area contributed by atoms with Crippen LogP contribution in [0.1, 0.15) is 30.0 Å². The minimum atomic E-state index is -1.02. The zero-order valence-corrected chi connectivity index (χ0v) is 8.23. The Kier molecular flexibility index (Phi) is 3.59. The van der Waals surface area contributed by atoms with E-state index in [4.69, 9.17) is 9.84 Å². The molecule has 0 aromatic carbocycles. The molecule has 0 saturated carbocycles. The van der Waals surface area contributed by atoms with Crippen molar-refractivity contribution in [1.29, 1.82) is 0 Å². The van der Waals surface area contributed by atoms with E-state index in [2.05, 4.69) is 4.98 Å². The Morgan fingerprint density at radius 3 is 2.86 bits per heavy atom. The maximum atomic E-state index is 10.6. The molecular formula is C10H13NO3. The van der Waals surface area contributed by atoms with E-state index in [1.54, 1.807) is 12.1 Å². The number of carboxylic acid groups (broad SMARTS) is 1. The van der Waals surface area contributed by atoms with Gasteiger partial charge in [-0.3, -0.25) is 0 Å². The molecule has 76 valence electrons. The highest BCUT2D eigenvalue weighted by atomic mass is 16.5. The van der Waals surface area contributed by atoms with Crippen molar-refractivity contribution in [2.45, 2.75) is 26.6 Å². The fourth-order valence-corrected chi connectivity index (χ4v) is 0.931. The van der Waals surface area contributed by atoms with Crippen molar-refractivity contribution in [3.05, 3.63) is 29.6 Å². The average Bonchev–Trinajstić information content (AvgIpc) is 2.15. The maximum absolute atomic E-state index is 10.6. The van der Waals surface area contributed by atoms with E-state index >= 15 is 0 Å². The van der Waals surface area contributed by atoms with Crippen LogP contribution in [0.2, 0.25) is 0 Å². The lowest BCUT2D eigenvalue weighted by molar-refractivity contribution is 0.0626. The number of hydrogen-bond acceptors (Lipinski definition) is 3. The van der Waals surface area contributed by atoms with E-state index in [1.165, 1.54) is 6.07 Å². The highest BCUT2D eigenvalue weighted by Crippen LogP contribution is 2.02. The Bertz CT molecular complexity index is 323. The maximum Gasteiger partial charge on any atom is 0.354 e. The first-order chi connectivity index (χ1) is 6.59. The molecule has 0 saturated heterocycles. The van der Waals surface area contributed by atoms with Gasteiger partial charge in [-0.2, -0.15) is 0 Å². The lowest BCUT2D eigenvalue weighted by Gasteiger charge is -2.06. The van der Waals surface area contributed by atoms with Gasteiger partial charge in [0.25, 0.3) is 0 Å². The van der Waals surface area contributed by atoms with Crippen LogP contribution in [-0.4, -0.2) is 22.2 Å². The number of aromatic carboxylic acids is 1. The lowest BCUT2D eigenvalue weighted by atomic mass is 10.3. The summed E-state index contributed by atoms with van der Waals surface area (Å²) in [5, 5.41) is 8.68. The van der Waals surface area contributed by atoms with E-state index < -0.39 is 5.97 Å². The molecule has 0 spiro atoms. The number of carboxylic acids is 1. The highest BCUT2D eigenvalue weighted by molar-refractivity contribution is 5.85. The van der Waals surface area contributed by atoms with Gasteiger partial charge in [-0.05, 0) is 26.0 Å². The van der Waals surface area contributed by atoms with Crippen LogP contribution in [0, 0.1) is 0 Å². The van der Waals surface area contributed by atoms with Crippen LogP contribution in [0.5, 0.6) is 0 Å². The van der Waals surface area contributed by atoms with E-state index in [-0.39, 0.29) is 11.8 Å². The average molecular weight is 195 g/mol. The van der Waals surface area contributed by atoms with Crippen molar-refractivity contribution < 1.29 is 14.6 Å². The molecule has 0 bridgehead atoms. The first-order valence-electron chi connectivity index (χ1n) is 4.40. The summed E-state index contributed by atoms with van der Waals surface area (Å²) < 4.78 is 5.31. The van der Waals surface area contributed by atoms with Crippen LogP contribution in [0.25, 0.3) is 0 Å². The Morgan fingerprint density at radius 1 is 1.57 bits per heavy atom. The third-order valence-electron chi connectivity index (χ3n) is 1.59. The Labute approximate surface area is 82.5 Å². The molecule has 1 aromatic rings. The third-order valence-corrected chi connectivity index (χ3v) is 1.59. The summed E-state index contributed by atoms with van der Waals surface area (Å²) in [5.41, 5.74) is 0.688. The first-order valence-corrected chi connectivity index (χ1v) is 4.40. The number of hydrogen-bond donors (Lipinski definition) is 1. The molecule has 0 aliphatic heterocycles. The van der Waals surface area contributed by atoms with Gasteiger partial charge in [0.2, 0.25) is 0 Å². The molecule has 14 heavy (non-hydrogen) atoms. The SMILES string of the molecule is CC(C)OCc1cccc(C(=O)O)n1. The molecule has 0 atom stereocenters. The molecule has 0 aliphatic carbocycles. The molecule has 0 radical (unpaired) electrons. The molecule has 1 N–H and O–H groups in total. The molecule has 4 nitrogen and oxygen atoms in total. The summed E-state index contributed by atoms with van der Waals surface area (Å²) >= 11 is 0.